The summed E-state index contributed by atoms with van der Waals surface area (Å²) >= 11 is 0. The fourth-order valence-electron chi connectivity index (χ4n) is 10.7. The molecule has 26 nitrogen and oxygen atoms in total. The van der Waals surface area contributed by atoms with E-state index in [0.29, 0.717) is 6.42 Å². The van der Waals surface area contributed by atoms with Gasteiger partial charge in [-0.05, 0) is 101 Å². The van der Waals surface area contributed by atoms with Crippen LogP contribution in [0.1, 0.15) is 156 Å². The molecule has 0 spiro atoms. The standard InChI is InChI=1S/C62H111N11O12.C2H5NO2/c1-25-27-28-40(15)52(75)51-56(79)65-43(26-2)58(81)67(18)33-48(74)68(19)44(29-34(3)4)55(78)66-49(38(11)12)61(84)69(20)45(30-35(5)6)54(77)63-41(16)53(76)64-42(17)57(80)70(21)46(31-36(7)8)59(82)71(22)47(32-37(9)10)60(83)72(23)50(39(13)14)62(85)73(51)24;3-1-2(4)5/h25,27,34-47,49-52,75H,26,28-33H2,1-24H3,(H,63,77)(H,64,76)(H,65,79)(H,66,78);1,3H2,(H,4,5)/b27-25+;/t40-,41+,42-,43+,44+,45+,46+,47+,49+,50+,51+,52-;/m1./s1. The first-order valence-electron chi connectivity index (χ1n) is 31.8. The van der Waals surface area contributed by atoms with Crippen molar-refractivity contribution in [1.29, 1.82) is 0 Å². The van der Waals surface area contributed by atoms with Crippen molar-refractivity contribution < 1.29 is 67.7 Å². The summed E-state index contributed by atoms with van der Waals surface area (Å²) in [4.78, 5) is 178. The van der Waals surface area contributed by atoms with Crippen molar-refractivity contribution in [1.82, 2.24) is 55.6 Å². The highest BCUT2D eigenvalue weighted by Crippen LogP contribution is 2.26. The predicted octanol–water partition coefficient (Wildman–Crippen LogP) is 2.30. The number of carboxylic acids is 1. The van der Waals surface area contributed by atoms with Gasteiger partial charge in [-0.15, -0.1) is 0 Å². The van der Waals surface area contributed by atoms with Gasteiger partial charge in [0.2, 0.25) is 65.0 Å². The van der Waals surface area contributed by atoms with Gasteiger partial charge in [0.25, 0.3) is 0 Å². The van der Waals surface area contributed by atoms with Gasteiger partial charge in [-0.2, -0.15) is 0 Å². The van der Waals surface area contributed by atoms with E-state index in [1.807, 2.05) is 61.5 Å². The molecule has 1 aliphatic rings. The molecule has 0 radical (unpaired) electrons. The number of hydrogen-bond donors (Lipinski definition) is 7. The summed E-state index contributed by atoms with van der Waals surface area (Å²) in [5, 5.41) is 30.7. The van der Waals surface area contributed by atoms with Crippen LogP contribution in [0.25, 0.3) is 0 Å². The Labute approximate surface area is 536 Å². The molecular weight excluding hydrogens is 1160 g/mol. The van der Waals surface area contributed by atoms with Crippen LogP contribution in [0.3, 0.4) is 0 Å². The molecule has 0 aromatic rings. The van der Waals surface area contributed by atoms with Crippen LogP contribution in [0.2, 0.25) is 0 Å². The molecule has 90 heavy (non-hydrogen) atoms. The average Bonchev–Trinajstić information content (AvgIpc) is 1.09. The maximum Gasteiger partial charge on any atom is 0.317 e. The number of hydrogen-bond acceptors (Lipinski definition) is 14. The first kappa shape index (κ1) is 83.3. The summed E-state index contributed by atoms with van der Waals surface area (Å²) < 4.78 is 0. The first-order chi connectivity index (χ1) is 41.5. The highest BCUT2D eigenvalue weighted by molar-refractivity contribution is 5.99. The lowest BCUT2D eigenvalue weighted by Crippen LogP contribution is -2.63. The summed E-state index contributed by atoms with van der Waals surface area (Å²) in [6, 6.07) is -12.3. The number of likely N-dealkylation sites (N-methyl/N-ethyl adjacent to an activating group) is 7. The van der Waals surface area contributed by atoms with Gasteiger partial charge in [0.1, 0.15) is 60.4 Å². The summed E-state index contributed by atoms with van der Waals surface area (Å²) in [7, 11) is 9.92. The smallest absolute Gasteiger partial charge is 0.317 e. The molecule has 1 saturated heterocycles. The zero-order chi connectivity index (χ0) is 70.3. The quantitative estimate of drug-likeness (QED) is 0.109. The second-order valence-electron chi connectivity index (χ2n) is 26.7. The zero-order valence-corrected chi connectivity index (χ0v) is 58.7. The summed E-state index contributed by atoms with van der Waals surface area (Å²) in [6.07, 6.45) is 3.04. The van der Waals surface area contributed by atoms with Gasteiger partial charge in [0.15, 0.2) is 0 Å². The number of nitrogens with zero attached hydrogens (tertiary/aromatic N) is 7. The molecule has 8 N–H and O–H groups in total. The van der Waals surface area contributed by atoms with Crippen LogP contribution in [0, 0.1) is 41.4 Å². The van der Waals surface area contributed by atoms with Gasteiger partial charge in [-0.25, -0.2) is 0 Å². The Morgan fingerprint density at radius 2 is 0.911 bits per heavy atom. The lowest BCUT2D eigenvalue weighted by Gasteiger charge is -2.41. The van der Waals surface area contributed by atoms with Crippen molar-refractivity contribution >= 4 is 70.9 Å². The first-order valence-corrected chi connectivity index (χ1v) is 31.8. The maximum atomic E-state index is 15.1. The molecule has 1 aliphatic heterocycles. The van der Waals surface area contributed by atoms with Crippen molar-refractivity contribution in [2.75, 3.05) is 62.4 Å². The lowest BCUT2D eigenvalue weighted by atomic mass is 9.91. The Morgan fingerprint density at radius 3 is 1.33 bits per heavy atom. The highest BCUT2D eigenvalue weighted by Gasteiger charge is 2.45. The van der Waals surface area contributed by atoms with E-state index >= 15 is 9.59 Å². The van der Waals surface area contributed by atoms with Crippen molar-refractivity contribution in [2.45, 2.75) is 223 Å². The van der Waals surface area contributed by atoms with Gasteiger partial charge in [-0.1, -0.05) is 109 Å². The second-order valence-corrected chi connectivity index (χ2v) is 26.7. The molecule has 12 atom stereocenters. The van der Waals surface area contributed by atoms with Gasteiger partial charge in [0.05, 0.1) is 19.2 Å². The van der Waals surface area contributed by atoms with Crippen LogP contribution in [-0.2, 0) is 57.5 Å². The monoisotopic (exact) mass is 1280 g/mol. The molecule has 1 rings (SSSR count). The molecule has 516 valence electrons. The van der Waals surface area contributed by atoms with E-state index in [1.165, 1.54) is 87.7 Å². The summed E-state index contributed by atoms with van der Waals surface area (Å²) in [5.41, 5.74) is 4.57. The van der Waals surface area contributed by atoms with E-state index in [-0.39, 0.29) is 62.3 Å². The van der Waals surface area contributed by atoms with Gasteiger partial charge < -0.3 is 71.5 Å². The number of aliphatic carboxylic acids is 1. The Bertz CT molecular complexity index is 2450. The average molecular weight is 1280 g/mol. The van der Waals surface area contributed by atoms with Crippen molar-refractivity contribution in [3.05, 3.63) is 12.2 Å². The number of nitrogens with two attached hydrogens (primary N) is 1. The third-order valence-electron chi connectivity index (χ3n) is 16.3. The van der Waals surface area contributed by atoms with Crippen molar-refractivity contribution in [3.8, 4) is 0 Å². The van der Waals surface area contributed by atoms with Crippen LogP contribution >= 0.6 is 0 Å². The van der Waals surface area contributed by atoms with Crippen LogP contribution in [-0.4, -0.2) is 244 Å². The molecule has 0 aliphatic carbocycles. The SMILES string of the molecule is C/C=C/C[C@@H](C)[C@@H](O)[C@H]1C(=O)N[C@@H](CC)C(=O)N(C)CC(=O)N(C)[C@@H](CC(C)C)C(=O)N[C@@H](C(C)C)C(=O)N(C)[C@@H](CC(C)C)C(=O)N[C@@H](C)C(=O)N[C@H](C)C(=O)N(C)[C@@H](CC(C)C)C(=O)N(C)[C@@H](CC(C)C)C(=O)N(C)[C@@H](C(C)C)C(=O)N1C.NCC(=O)O. The van der Waals surface area contributed by atoms with E-state index < -0.39 is 162 Å². The number of carbonyl (C=O) groups excluding carboxylic acids is 11. The molecule has 0 bridgehead atoms. The third-order valence-corrected chi connectivity index (χ3v) is 16.3. The zero-order valence-electron chi connectivity index (χ0n) is 58.7. The molecular formula is C64H116N12O14. The number of amides is 11. The molecule has 26 heteroatoms. The second kappa shape index (κ2) is 38.9. The molecule has 0 aromatic heterocycles. The normalized spacial score (nSPS) is 25.8. The highest BCUT2D eigenvalue weighted by atomic mass is 16.4. The van der Waals surface area contributed by atoms with E-state index in [1.54, 1.807) is 54.5 Å². The number of carboxylic acid groups (broad SMARTS) is 1. The van der Waals surface area contributed by atoms with Gasteiger partial charge in [0, 0.05) is 49.3 Å². The molecule has 11 amide bonds. The van der Waals surface area contributed by atoms with E-state index in [2.05, 4.69) is 27.0 Å². The lowest BCUT2D eigenvalue weighted by molar-refractivity contribution is -0.157. The fourth-order valence-corrected chi connectivity index (χ4v) is 10.7. The minimum absolute atomic E-state index is 0.0229. The molecule has 1 heterocycles. The van der Waals surface area contributed by atoms with Crippen LogP contribution in [0.15, 0.2) is 12.2 Å². The number of aliphatic hydroxyl groups excluding tert-OH is 1. The number of carbonyl (C=O) groups is 12. The molecule has 0 saturated carbocycles. The number of aliphatic hydroxyl groups is 1. The van der Waals surface area contributed by atoms with Crippen molar-refractivity contribution in [2.24, 2.45) is 47.2 Å². The Hall–Kier alpha value is -6.70. The summed E-state index contributed by atoms with van der Waals surface area (Å²) in [5.74, 6) is -10.7. The minimum atomic E-state index is -1.61. The van der Waals surface area contributed by atoms with Crippen LogP contribution < -0.4 is 27.0 Å². The summed E-state index contributed by atoms with van der Waals surface area (Å²) in [6.45, 7) is 29.1. The molecule has 1 fully saturated rings. The number of nitrogens with one attached hydrogen (secondary N) is 4. The maximum absolute atomic E-state index is 15.1. The van der Waals surface area contributed by atoms with Gasteiger partial charge in [-0.3, -0.25) is 57.5 Å². The van der Waals surface area contributed by atoms with Gasteiger partial charge >= 0.3 is 5.97 Å². The van der Waals surface area contributed by atoms with Crippen molar-refractivity contribution in [3.63, 3.8) is 0 Å². The number of allylic oxidation sites excluding steroid dienone is 2. The van der Waals surface area contributed by atoms with Crippen LogP contribution in [0.4, 0.5) is 0 Å². The Morgan fingerprint density at radius 1 is 0.511 bits per heavy atom. The minimum Gasteiger partial charge on any atom is -0.480 e. The van der Waals surface area contributed by atoms with E-state index in [9.17, 15) is 53.1 Å². The predicted molar refractivity (Wildman–Crippen MR) is 345 cm³/mol. The Balaban J connectivity index is 0.0000152. The van der Waals surface area contributed by atoms with Crippen LogP contribution in [0.5, 0.6) is 0 Å². The fraction of sp³-hybridized carbons (Fsp3) is 0.781. The molecule has 0 unspecified atom stereocenters. The third kappa shape index (κ3) is 24.8. The number of rotatable bonds is 16. The molecule has 0 aromatic carbocycles. The largest absolute Gasteiger partial charge is 0.480 e. The Kier molecular flexibility index (Phi) is 36.0. The van der Waals surface area contributed by atoms with E-state index in [0.717, 1.165) is 9.80 Å². The topological polar surface area (TPSA) is 342 Å². The van der Waals surface area contributed by atoms with E-state index in [4.69, 9.17) is 5.11 Å².